The van der Waals surface area contributed by atoms with Crippen molar-refractivity contribution in [3.05, 3.63) is 42.1 Å². The second-order valence-electron chi connectivity index (χ2n) is 7.43. The Kier molecular flexibility index (Phi) is 6.32. The van der Waals surface area contributed by atoms with Crippen LogP contribution < -0.4 is 28.8 Å². The molecule has 168 valence electrons. The monoisotopic (exact) mass is 439 g/mol. The van der Waals surface area contributed by atoms with Crippen LogP contribution in [-0.4, -0.2) is 52.1 Å². The highest BCUT2D eigenvalue weighted by molar-refractivity contribution is 5.91. The van der Waals surface area contributed by atoms with E-state index in [1.807, 2.05) is 24.3 Å². The summed E-state index contributed by atoms with van der Waals surface area (Å²) in [6.45, 7) is 0.731. The maximum Gasteiger partial charge on any atom is 0.258 e. The molecule has 8 nitrogen and oxygen atoms in total. The Morgan fingerprint density at radius 2 is 1.88 bits per heavy atom. The summed E-state index contributed by atoms with van der Waals surface area (Å²) in [4.78, 5) is 11.8. The normalized spacial score (nSPS) is 12.0. The molecule has 1 amide bonds. The maximum absolute atomic E-state index is 11.8. The molecule has 0 atom stereocenters. The van der Waals surface area contributed by atoms with Gasteiger partial charge in [-0.1, -0.05) is 0 Å². The van der Waals surface area contributed by atoms with Crippen LogP contribution in [-0.2, 0) is 17.8 Å². The number of aliphatic hydroxyl groups is 1. The fourth-order valence-electron chi connectivity index (χ4n) is 4.05. The minimum absolute atomic E-state index is 0.113. The molecule has 2 aromatic carbocycles. The van der Waals surface area contributed by atoms with Crippen molar-refractivity contribution in [2.75, 3.05) is 41.1 Å². The van der Waals surface area contributed by atoms with Crippen molar-refractivity contribution in [1.82, 2.24) is 5.32 Å². The van der Waals surface area contributed by atoms with Gasteiger partial charge in [0.15, 0.2) is 42.3 Å². The maximum atomic E-state index is 11.8. The first-order chi connectivity index (χ1) is 15.6. The summed E-state index contributed by atoms with van der Waals surface area (Å²) in [6, 6.07) is 9.95. The van der Waals surface area contributed by atoms with Crippen LogP contribution in [0.3, 0.4) is 0 Å². The first-order valence-corrected chi connectivity index (χ1v) is 10.4. The number of pyridine rings is 1. The number of rotatable bonds is 8. The molecular formula is C24H27N2O6+. The van der Waals surface area contributed by atoms with Crippen molar-refractivity contribution in [3.63, 3.8) is 0 Å². The molecule has 0 bridgehead atoms. The highest BCUT2D eigenvalue weighted by atomic mass is 16.5. The summed E-state index contributed by atoms with van der Waals surface area (Å²) < 4.78 is 24.5. The van der Waals surface area contributed by atoms with Crippen molar-refractivity contribution in [3.8, 4) is 34.3 Å². The molecule has 3 aromatic rings. The second-order valence-corrected chi connectivity index (χ2v) is 7.43. The SMILES string of the molecule is COc1cc2c(cc1OCC(=O)NCCO)CC[n+]1cc3c(OC)c(OC)ccc3cc1-2. The summed E-state index contributed by atoms with van der Waals surface area (Å²) in [5.41, 5.74) is 3.25. The van der Waals surface area contributed by atoms with Gasteiger partial charge in [0.1, 0.15) is 0 Å². The van der Waals surface area contributed by atoms with E-state index in [1.54, 1.807) is 21.3 Å². The molecule has 1 aliphatic heterocycles. The zero-order chi connectivity index (χ0) is 22.7. The molecule has 0 fully saturated rings. The van der Waals surface area contributed by atoms with Gasteiger partial charge in [-0.05, 0) is 35.2 Å². The molecule has 8 heteroatoms. The zero-order valence-corrected chi connectivity index (χ0v) is 18.4. The summed E-state index contributed by atoms with van der Waals surface area (Å²) in [5, 5.41) is 13.4. The van der Waals surface area contributed by atoms with E-state index in [0.717, 1.165) is 40.6 Å². The number of nitrogens with zero attached hydrogens (tertiary/aromatic N) is 1. The van der Waals surface area contributed by atoms with Gasteiger partial charge in [0.05, 0.1) is 38.9 Å². The van der Waals surface area contributed by atoms with Crippen molar-refractivity contribution in [1.29, 1.82) is 0 Å². The molecule has 0 radical (unpaired) electrons. The van der Waals surface area contributed by atoms with Gasteiger partial charge in [-0.2, -0.15) is 4.57 Å². The van der Waals surface area contributed by atoms with E-state index in [2.05, 4.69) is 22.1 Å². The van der Waals surface area contributed by atoms with Crippen molar-refractivity contribution in [2.45, 2.75) is 13.0 Å². The Balaban J connectivity index is 1.71. The third kappa shape index (κ3) is 4.01. The van der Waals surface area contributed by atoms with Crippen molar-refractivity contribution in [2.24, 2.45) is 0 Å². The highest BCUT2D eigenvalue weighted by Gasteiger charge is 2.27. The molecule has 4 rings (SSSR count). The van der Waals surface area contributed by atoms with Crippen LogP contribution in [0.4, 0.5) is 0 Å². The minimum Gasteiger partial charge on any atom is -0.493 e. The van der Waals surface area contributed by atoms with Gasteiger partial charge < -0.3 is 29.4 Å². The molecule has 0 spiro atoms. The second kappa shape index (κ2) is 9.32. The molecule has 0 unspecified atom stereocenters. The van der Waals surface area contributed by atoms with E-state index in [-0.39, 0.29) is 25.7 Å². The molecule has 0 saturated heterocycles. The molecule has 2 N–H and O–H groups in total. The number of ether oxygens (including phenoxy) is 4. The standard InChI is InChI=1S/C24H26N2O6/c1-29-20-5-4-15-10-19-17-12-21(30-2)22(32-14-23(28)25-7-9-27)11-16(17)6-8-26(19)13-18(15)24(20)31-3/h4-5,10-13,27H,6-9,14H2,1-3H3/p+1. The topological polar surface area (TPSA) is 90.1 Å². The van der Waals surface area contributed by atoms with Crippen LogP contribution in [0.15, 0.2) is 36.5 Å². The van der Waals surface area contributed by atoms with E-state index >= 15 is 0 Å². The van der Waals surface area contributed by atoms with Gasteiger partial charge >= 0.3 is 0 Å². The van der Waals surface area contributed by atoms with E-state index in [9.17, 15) is 4.79 Å². The number of nitrogens with one attached hydrogen (secondary N) is 1. The number of aryl methyl sites for hydroxylation is 2. The predicted molar refractivity (Wildman–Crippen MR) is 119 cm³/mol. The Morgan fingerprint density at radius 1 is 1.06 bits per heavy atom. The van der Waals surface area contributed by atoms with Gasteiger partial charge in [0.2, 0.25) is 5.69 Å². The number of methoxy groups -OCH3 is 3. The number of benzene rings is 2. The first-order valence-electron chi connectivity index (χ1n) is 10.4. The number of aromatic nitrogens is 1. The molecule has 2 heterocycles. The fourth-order valence-corrected chi connectivity index (χ4v) is 4.05. The smallest absolute Gasteiger partial charge is 0.258 e. The lowest BCUT2D eigenvalue weighted by Crippen LogP contribution is -2.40. The molecule has 32 heavy (non-hydrogen) atoms. The van der Waals surface area contributed by atoms with Gasteiger partial charge in [0, 0.05) is 19.0 Å². The molecule has 1 aromatic heterocycles. The lowest BCUT2D eigenvalue weighted by molar-refractivity contribution is -0.686. The third-order valence-corrected chi connectivity index (χ3v) is 5.58. The fraction of sp³-hybridized carbons (Fsp3) is 0.333. The summed E-state index contributed by atoms with van der Waals surface area (Å²) in [7, 11) is 4.86. The molecular weight excluding hydrogens is 412 g/mol. The summed E-state index contributed by atoms with van der Waals surface area (Å²) in [6.07, 6.45) is 2.90. The summed E-state index contributed by atoms with van der Waals surface area (Å²) >= 11 is 0. The Hall–Kier alpha value is -3.52. The van der Waals surface area contributed by atoms with E-state index in [1.165, 1.54) is 0 Å². The Labute approximate surface area is 186 Å². The Bertz CT molecular complexity index is 1160. The molecule has 0 aliphatic carbocycles. The zero-order valence-electron chi connectivity index (χ0n) is 18.4. The van der Waals surface area contributed by atoms with Crippen LogP contribution in [0.1, 0.15) is 5.56 Å². The van der Waals surface area contributed by atoms with Gasteiger partial charge in [0.25, 0.3) is 5.91 Å². The average molecular weight is 439 g/mol. The largest absolute Gasteiger partial charge is 0.493 e. The predicted octanol–water partition coefficient (Wildman–Crippen LogP) is 1.86. The van der Waals surface area contributed by atoms with Crippen molar-refractivity contribution >= 4 is 16.7 Å². The number of hydrogen-bond acceptors (Lipinski definition) is 6. The number of hydrogen-bond donors (Lipinski definition) is 2. The number of amides is 1. The van der Waals surface area contributed by atoms with E-state index < -0.39 is 0 Å². The van der Waals surface area contributed by atoms with Crippen LogP contribution in [0.25, 0.3) is 22.0 Å². The molecule has 1 aliphatic rings. The van der Waals surface area contributed by atoms with E-state index in [0.29, 0.717) is 23.0 Å². The molecule has 0 saturated carbocycles. The van der Waals surface area contributed by atoms with Crippen LogP contribution in [0, 0.1) is 0 Å². The lowest BCUT2D eigenvalue weighted by atomic mass is 9.95. The van der Waals surface area contributed by atoms with Crippen LogP contribution in [0.2, 0.25) is 0 Å². The van der Waals surface area contributed by atoms with Gasteiger partial charge in [-0.3, -0.25) is 4.79 Å². The van der Waals surface area contributed by atoms with Crippen molar-refractivity contribution < 1.29 is 33.4 Å². The highest BCUT2D eigenvalue weighted by Crippen LogP contribution is 2.40. The van der Waals surface area contributed by atoms with Crippen LogP contribution >= 0.6 is 0 Å². The third-order valence-electron chi connectivity index (χ3n) is 5.58. The van der Waals surface area contributed by atoms with E-state index in [4.69, 9.17) is 24.1 Å². The van der Waals surface area contributed by atoms with Gasteiger partial charge in [-0.15, -0.1) is 0 Å². The lowest BCUT2D eigenvalue weighted by Gasteiger charge is -2.19. The number of carbonyl (C=O) groups is 1. The quantitative estimate of drug-likeness (QED) is 0.521. The van der Waals surface area contributed by atoms with Crippen LogP contribution in [0.5, 0.6) is 23.0 Å². The number of aliphatic hydroxyl groups excluding tert-OH is 1. The summed E-state index contributed by atoms with van der Waals surface area (Å²) in [5.74, 6) is 2.19. The first kappa shape index (κ1) is 21.7. The number of fused-ring (bicyclic) bond motifs is 4. The van der Waals surface area contributed by atoms with Gasteiger partial charge in [-0.25, -0.2) is 0 Å². The number of carbonyl (C=O) groups excluding carboxylic acids is 1. The average Bonchev–Trinajstić information content (AvgIpc) is 2.83. The minimum atomic E-state index is -0.296. The Morgan fingerprint density at radius 3 is 2.59 bits per heavy atom.